The van der Waals surface area contributed by atoms with Crippen molar-refractivity contribution in [1.82, 2.24) is 4.98 Å². The number of hydrogen-bond acceptors (Lipinski definition) is 5. The van der Waals surface area contributed by atoms with Crippen molar-refractivity contribution in [3.63, 3.8) is 0 Å². The van der Waals surface area contributed by atoms with Gasteiger partial charge >= 0.3 is 0 Å². The van der Waals surface area contributed by atoms with E-state index in [-0.39, 0.29) is 5.75 Å². The molecule has 0 bridgehead atoms. The third-order valence-electron chi connectivity index (χ3n) is 1.24. The first-order valence-electron chi connectivity index (χ1n) is 4.03. The van der Waals surface area contributed by atoms with Gasteiger partial charge in [-0.2, -0.15) is 8.42 Å². The zero-order valence-electron chi connectivity index (χ0n) is 8.11. The van der Waals surface area contributed by atoms with Gasteiger partial charge in [-0.15, -0.1) is 0 Å². The maximum absolute atomic E-state index is 9.56. The van der Waals surface area contributed by atoms with E-state index in [1.807, 2.05) is 6.07 Å². The Kier molecular flexibility index (Phi) is 6.23. The van der Waals surface area contributed by atoms with Crippen LogP contribution in [0.15, 0.2) is 29.6 Å². The zero-order chi connectivity index (χ0) is 11.7. The second kappa shape index (κ2) is 6.91. The average Bonchev–Trinajstić information content (AvgIpc) is 2.20. The van der Waals surface area contributed by atoms with Crippen molar-refractivity contribution >= 4 is 16.3 Å². The number of rotatable bonds is 2. The van der Waals surface area contributed by atoms with Crippen LogP contribution in [-0.2, 0) is 10.1 Å². The SMILES string of the molecule is CCS(=O)(=O)O.O/N=C/c1ccccn1. The molecule has 0 aliphatic rings. The van der Waals surface area contributed by atoms with E-state index >= 15 is 0 Å². The fraction of sp³-hybridized carbons (Fsp3) is 0.250. The van der Waals surface area contributed by atoms with Gasteiger partial charge in [0.25, 0.3) is 10.1 Å². The van der Waals surface area contributed by atoms with E-state index in [4.69, 9.17) is 9.76 Å². The van der Waals surface area contributed by atoms with Crippen LogP contribution in [0.5, 0.6) is 0 Å². The third kappa shape index (κ3) is 8.85. The number of pyridine rings is 1. The minimum Gasteiger partial charge on any atom is -0.411 e. The van der Waals surface area contributed by atoms with Gasteiger partial charge in [-0.25, -0.2) is 0 Å². The molecule has 0 aliphatic carbocycles. The number of hydrogen-bond donors (Lipinski definition) is 2. The van der Waals surface area contributed by atoms with Gasteiger partial charge in [-0.3, -0.25) is 9.54 Å². The van der Waals surface area contributed by atoms with Gasteiger partial charge < -0.3 is 5.21 Å². The highest BCUT2D eigenvalue weighted by molar-refractivity contribution is 7.85. The van der Waals surface area contributed by atoms with E-state index in [2.05, 4.69) is 10.1 Å². The Bertz CT molecular complexity index is 388. The fourth-order valence-corrected chi connectivity index (χ4v) is 0.511. The van der Waals surface area contributed by atoms with Crippen LogP contribution in [0.1, 0.15) is 12.6 Å². The molecule has 1 rings (SSSR count). The summed E-state index contributed by atoms with van der Waals surface area (Å²) in [6.45, 7) is 1.37. The lowest BCUT2D eigenvalue weighted by Gasteiger charge is -1.84. The van der Waals surface area contributed by atoms with Gasteiger partial charge in [0, 0.05) is 6.20 Å². The molecule has 0 aliphatic heterocycles. The second-order valence-electron chi connectivity index (χ2n) is 2.37. The molecule has 84 valence electrons. The van der Waals surface area contributed by atoms with Crippen LogP contribution in [0.2, 0.25) is 0 Å². The van der Waals surface area contributed by atoms with Crippen LogP contribution in [-0.4, -0.2) is 35.1 Å². The Morgan fingerprint density at radius 2 is 2.13 bits per heavy atom. The second-order valence-corrected chi connectivity index (χ2v) is 4.11. The van der Waals surface area contributed by atoms with E-state index in [1.54, 1.807) is 18.3 Å². The molecule has 0 spiro atoms. The summed E-state index contributed by atoms with van der Waals surface area (Å²) in [7, 11) is -3.66. The Balaban J connectivity index is 0.000000288. The van der Waals surface area contributed by atoms with Crippen LogP contribution in [0.3, 0.4) is 0 Å². The highest BCUT2D eigenvalue weighted by Gasteiger charge is 1.93. The van der Waals surface area contributed by atoms with Gasteiger partial charge in [0.1, 0.15) is 0 Å². The van der Waals surface area contributed by atoms with Crippen molar-refractivity contribution in [2.75, 3.05) is 5.75 Å². The van der Waals surface area contributed by atoms with Crippen molar-refractivity contribution < 1.29 is 18.2 Å². The first-order valence-corrected chi connectivity index (χ1v) is 5.64. The molecular formula is C8H12N2O4S. The molecule has 0 radical (unpaired) electrons. The predicted molar refractivity (Wildman–Crippen MR) is 55.7 cm³/mol. The molecule has 0 unspecified atom stereocenters. The molecule has 7 heteroatoms. The summed E-state index contributed by atoms with van der Waals surface area (Å²) >= 11 is 0. The largest absolute Gasteiger partial charge is 0.411 e. The summed E-state index contributed by atoms with van der Waals surface area (Å²) < 4.78 is 26.9. The summed E-state index contributed by atoms with van der Waals surface area (Å²) in [5, 5.41) is 10.9. The maximum atomic E-state index is 9.56. The van der Waals surface area contributed by atoms with E-state index in [0.29, 0.717) is 5.69 Å². The highest BCUT2D eigenvalue weighted by atomic mass is 32.2. The smallest absolute Gasteiger partial charge is 0.264 e. The summed E-state index contributed by atoms with van der Waals surface area (Å²) in [5.74, 6) is -0.201. The van der Waals surface area contributed by atoms with E-state index in [1.165, 1.54) is 13.1 Å². The molecule has 2 N–H and O–H groups in total. The van der Waals surface area contributed by atoms with Crippen LogP contribution < -0.4 is 0 Å². The van der Waals surface area contributed by atoms with Gasteiger partial charge in [-0.05, 0) is 19.1 Å². The van der Waals surface area contributed by atoms with Crippen LogP contribution in [0.4, 0.5) is 0 Å². The summed E-state index contributed by atoms with van der Waals surface area (Å²) in [5.41, 5.74) is 0.653. The minimum atomic E-state index is -3.66. The quantitative estimate of drug-likeness (QED) is 0.340. The molecule has 0 saturated carbocycles. The molecule has 0 fully saturated rings. The van der Waals surface area contributed by atoms with E-state index in [9.17, 15) is 8.42 Å². The Labute approximate surface area is 88.0 Å². The minimum absolute atomic E-state index is 0.201. The Morgan fingerprint density at radius 1 is 1.53 bits per heavy atom. The van der Waals surface area contributed by atoms with Crippen molar-refractivity contribution in [2.24, 2.45) is 5.16 Å². The number of aromatic nitrogens is 1. The molecule has 15 heavy (non-hydrogen) atoms. The zero-order valence-corrected chi connectivity index (χ0v) is 8.92. The molecule has 1 aromatic heterocycles. The molecule has 1 aromatic rings. The van der Waals surface area contributed by atoms with Crippen LogP contribution in [0, 0.1) is 0 Å². The van der Waals surface area contributed by atoms with E-state index < -0.39 is 10.1 Å². The Hall–Kier alpha value is -1.47. The van der Waals surface area contributed by atoms with Crippen molar-refractivity contribution in [3.05, 3.63) is 30.1 Å². The molecule has 6 nitrogen and oxygen atoms in total. The molecule has 0 atom stereocenters. The molecule has 0 amide bonds. The standard InChI is InChI=1S/C6H6N2O.C2H6O3S/c9-8-5-6-3-1-2-4-7-6;1-2-6(3,4)5/h1-5,9H;2H2,1H3,(H,3,4,5)/b8-5+;. The van der Waals surface area contributed by atoms with Crippen LogP contribution in [0.25, 0.3) is 0 Å². The molecule has 0 saturated heterocycles. The molecular weight excluding hydrogens is 220 g/mol. The average molecular weight is 232 g/mol. The highest BCUT2D eigenvalue weighted by Crippen LogP contribution is 1.86. The summed E-state index contributed by atoms with van der Waals surface area (Å²) in [6.07, 6.45) is 2.91. The van der Waals surface area contributed by atoms with Crippen LogP contribution >= 0.6 is 0 Å². The van der Waals surface area contributed by atoms with E-state index in [0.717, 1.165) is 0 Å². The molecule has 1 heterocycles. The summed E-state index contributed by atoms with van der Waals surface area (Å²) in [6, 6.07) is 5.37. The van der Waals surface area contributed by atoms with Gasteiger partial charge in [0.15, 0.2) is 0 Å². The van der Waals surface area contributed by atoms with Gasteiger partial charge in [0.2, 0.25) is 0 Å². The summed E-state index contributed by atoms with van der Waals surface area (Å²) in [4.78, 5) is 3.86. The maximum Gasteiger partial charge on any atom is 0.264 e. The predicted octanol–water partition coefficient (Wildman–Crippen LogP) is 0.784. The first-order chi connectivity index (χ1) is 6.99. The van der Waals surface area contributed by atoms with Crippen molar-refractivity contribution in [3.8, 4) is 0 Å². The van der Waals surface area contributed by atoms with Crippen molar-refractivity contribution in [2.45, 2.75) is 6.92 Å². The monoisotopic (exact) mass is 232 g/mol. The molecule has 0 aromatic carbocycles. The van der Waals surface area contributed by atoms with Crippen molar-refractivity contribution in [1.29, 1.82) is 0 Å². The first kappa shape index (κ1) is 13.5. The normalized spacial score (nSPS) is 10.8. The van der Waals surface area contributed by atoms with Gasteiger partial charge in [-0.1, -0.05) is 11.2 Å². The Morgan fingerprint density at radius 3 is 2.47 bits per heavy atom. The third-order valence-corrected chi connectivity index (χ3v) is 1.97. The number of oxime groups is 1. The topological polar surface area (TPSA) is 99.9 Å². The lowest BCUT2D eigenvalue weighted by atomic mass is 10.4. The number of nitrogens with zero attached hydrogens (tertiary/aromatic N) is 2. The fourth-order valence-electron chi connectivity index (χ4n) is 0.511. The van der Waals surface area contributed by atoms with Gasteiger partial charge in [0.05, 0.1) is 17.7 Å². The lowest BCUT2D eigenvalue weighted by Crippen LogP contribution is -1.97. The lowest BCUT2D eigenvalue weighted by molar-refractivity contribution is 0.321.